The van der Waals surface area contributed by atoms with Crippen LogP contribution in [0.2, 0.25) is 0 Å². The molecule has 2 heterocycles. The lowest BCUT2D eigenvalue weighted by Crippen LogP contribution is -2.30. The van der Waals surface area contributed by atoms with Gasteiger partial charge in [-0.05, 0) is 31.9 Å². The summed E-state index contributed by atoms with van der Waals surface area (Å²) >= 11 is 7.24. The fourth-order valence-corrected chi connectivity index (χ4v) is 3.37. The van der Waals surface area contributed by atoms with Crippen molar-refractivity contribution < 1.29 is 0 Å². The molecular formula is C16H21N3S2. The molecule has 2 aromatic rings. The Bertz CT molecular complexity index is 616. The second kappa shape index (κ2) is 6.62. The average Bonchev–Trinajstić information content (AvgIpc) is 2.88. The fourth-order valence-electron chi connectivity index (χ4n) is 1.95. The third-order valence-electron chi connectivity index (χ3n) is 4.04. The SMILES string of the molecule is CCC(C)(CC)C(=S)Nc1sc(-c2cccnc2)nc1C. The number of thiocarbonyl (C=S) groups is 1. The maximum atomic E-state index is 5.61. The average molecular weight is 319 g/mol. The molecule has 0 aliphatic carbocycles. The van der Waals surface area contributed by atoms with Crippen LogP contribution in [0.5, 0.6) is 0 Å². The molecule has 1 N–H and O–H groups in total. The number of thiazole rings is 1. The van der Waals surface area contributed by atoms with E-state index in [1.54, 1.807) is 17.5 Å². The molecule has 0 fully saturated rings. The van der Waals surface area contributed by atoms with Gasteiger partial charge in [0, 0.05) is 23.4 Å². The molecule has 5 heteroatoms. The Morgan fingerprint density at radius 1 is 1.38 bits per heavy atom. The van der Waals surface area contributed by atoms with Crippen LogP contribution in [-0.2, 0) is 0 Å². The minimum atomic E-state index is 0.0419. The summed E-state index contributed by atoms with van der Waals surface area (Å²) in [6, 6.07) is 3.95. The summed E-state index contributed by atoms with van der Waals surface area (Å²) in [5, 5.41) is 5.42. The topological polar surface area (TPSA) is 37.8 Å². The van der Waals surface area contributed by atoms with Crippen LogP contribution in [0, 0.1) is 12.3 Å². The lowest BCUT2D eigenvalue weighted by molar-refractivity contribution is 0.439. The molecule has 0 unspecified atom stereocenters. The molecule has 0 saturated carbocycles. The number of rotatable bonds is 5. The lowest BCUT2D eigenvalue weighted by atomic mass is 9.84. The van der Waals surface area contributed by atoms with Crippen molar-refractivity contribution in [1.29, 1.82) is 0 Å². The van der Waals surface area contributed by atoms with Gasteiger partial charge in [-0.25, -0.2) is 4.98 Å². The van der Waals surface area contributed by atoms with Gasteiger partial charge in [0.2, 0.25) is 0 Å². The number of anilines is 1. The molecule has 0 aromatic carbocycles. The third kappa shape index (κ3) is 3.47. The van der Waals surface area contributed by atoms with E-state index in [-0.39, 0.29) is 5.41 Å². The lowest BCUT2D eigenvalue weighted by Gasteiger charge is -2.28. The van der Waals surface area contributed by atoms with Crippen molar-refractivity contribution in [2.75, 3.05) is 5.32 Å². The highest BCUT2D eigenvalue weighted by atomic mass is 32.1. The van der Waals surface area contributed by atoms with Gasteiger partial charge in [0.25, 0.3) is 0 Å². The highest BCUT2D eigenvalue weighted by Gasteiger charge is 2.26. The van der Waals surface area contributed by atoms with Gasteiger partial charge in [-0.15, -0.1) is 0 Å². The van der Waals surface area contributed by atoms with Crippen molar-refractivity contribution in [1.82, 2.24) is 9.97 Å². The molecule has 0 aliphatic heterocycles. The molecule has 2 aromatic heterocycles. The maximum Gasteiger partial charge on any atom is 0.127 e. The zero-order chi connectivity index (χ0) is 15.5. The summed E-state index contributed by atoms with van der Waals surface area (Å²) in [5.41, 5.74) is 2.06. The van der Waals surface area contributed by atoms with E-state index < -0.39 is 0 Å². The van der Waals surface area contributed by atoms with Crippen LogP contribution in [0.3, 0.4) is 0 Å². The Morgan fingerprint density at radius 3 is 2.67 bits per heavy atom. The Morgan fingerprint density at radius 2 is 2.10 bits per heavy atom. The van der Waals surface area contributed by atoms with E-state index in [2.05, 4.69) is 36.1 Å². The Hall–Kier alpha value is -1.33. The summed E-state index contributed by atoms with van der Waals surface area (Å²) in [6.07, 6.45) is 5.67. The minimum absolute atomic E-state index is 0.0419. The number of aromatic nitrogens is 2. The van der Waals surface area contributed by atoms with Crippen molar-refractivity contribution in [3.05, 3.63) is 30.2 Å². The molecule has 2 rings (SSSR count). The van der Waals surface area contributed by atoms with Crippen LogP contribution in [0.25, 0.3) is 10.6 Å². The summed E-state index contributed by atoms with van der Waals surface area (Å²) in [7, 11) is 0. The largest absolute Gasteiger partial charge is 0.340 e. The highest BCUT2D eigenvalue weighted by Crippen LogP contribution is 2.34. The Balaban J connectivity index is 2.23. The number of pyridine rings is 1. The van der Waals surface area contributed by atoms with Crippen LogP contribution in [0.4, 0.5) is 5.00 Å². The molecule has 0 radical (unpaired) electrons. The van der Waals surface area contributed by atoms with E-state index in [4.69, 9.17) is 12.2 Å². The molecule has 0 saturated heterocycles. The zero-order valence-corrected chi connectivity index (χ0v) is 14.6. The first-order valence-electron chi connectivity index (χ1n) is 7.19. The van der Waals surface area contributed by atoms with E-state index in [1.807, 2.05) is 25.3 Å². The van der Waals surface area contributed by atoms with Gasteiger partial charge in [-0.3, -0.25) is 4.98 Å². The minimum Gasteiger partial charge on any atom is -0.340 e. The van der Waals surface area contributed by atoms with Gasteiger partial charge >= 0.3 is 0 Å². The quantitative estimate of drug-likeness (QED) is 0.780. The third-order valence-corrected chi connectivity index (χ3v) is 5.76. The predicted molar refractivity (Wildman–Crippen MR) is 95.0 cm³/mol. The first kappa shape index (κ1) is 16.0. The van der Waals surface area contributed by atoms with E-state index in [0.29, 0.717) is 0 Å². The van der Waals surface area contributed by atoms with Crippen LogP contribution >= 0.6 is 23.6 Å². The van der Waals surface area contributed by atoms with Crippen molar-refractivity contribution in [2.45, 2.75) is 40.5 Å². The number of nitrogens with zero attached hydrogens (tertiary/aromatic N) is 2. The van der Waals surface area contributed by atoms with E-state index in [1.165, 1.54) is 0 Å². The molecule has 112 valence electrons. The van der Waals surface area contributed by atoms with Crippen LogP contribution in [0.15, 0.2) is 24.5 Å². The van der Waals surface area contributed by atoms with E-state index in [0.717, 1.165) is 39.1 Å². The molecule has 0 atom stereocenters. The second-order valence-corrected chi connectivity index (χ2v) is 6.80. The summed E-state index contributed by atoms with van der Waals surface area (Å²) in [4.78, 5) is 9.67. The highest BCUT2D eigenvalue weighted by molar-refractivity contribution is 7.80. The van der Waals surface area contributed by atoms with Crippen LogP contribution < -0.4 is 5.32 Å². The van der Waals surface area contributed by atoms with Gasteiger partial charge in [-0.2, -0.15) is 0 Å². The Kier molecular flexibility index (Phi) is 5.06. The first-order chi connectivity index (χ1) is 10.00. The van der Waals surface area contributed by atoms with E-state index >= 15 is 0 Å². The van der Waals surface area contributed by atoms with Crippen molar-refractivity contribution in [3.63, 3.8) is 0 Å². The number of hydrogen-bond donors (Lipinski definition) is 1. The van der Waals surface area contributed by atoms with Crippen molar-refractivity contribution >= 4 is 33.5 Å². The first-order valence-corrected chi connectivity index (χ1v) is 8.42. The van der Waals surface area contributed by atoms with Crippen LogP contribution in [0.1, 0.15) is 39.3 Å². The Labute approximate surface area is 135 Å². The molecule has 3 nitrogen and oxygen atoms in total. The van der Waals surface area contributed by atoms with Gasteiger partial charge in [-0.1, -0.05) is 44.3 Å². The normalized spacial score (nSPS) is 11.4. The van der Waals surface area contributed by atoms with Crippen molar-refractivity contribution in [3.8, 4) is 10.6 Å². The summed E-state index contributed by atoms with van der Waals surface area (Å²) in [6.45, 7) is 8.58. The predicted octanol–water partition coefficient (Wildman–Crippen LogP) is 5.08. The van der Waals surface area contributed by atoms with Gasteiger partial charge < -0.3 is 5.32 Å². The van der Waals surface area contributed by atoms with Gasteiger partial charge in [0.15, 0.2) is 0 Å². The molecule has 0 spiro atoms. The maximum absolute atomic E-state index is 5.61. The summed E-state index contributed by atoms with van der Waals surface area (Å²) < 4.78 is 0. The molecule has 0 amide bonds. The van der Waals surface area contributed by atoms with Gasteiger partial charge in [0.1, 0.15) is 10.0 Å². The molecule has 21 heavy (non-hydrogen) atoms. The molecule has 0 aliphatic rings. The smallest absolute Gasteiger partial charge is 0.127 e. The van der Waals surface area contributed by atoms with E-state index in [9.17, 15) is 0 Å². The van der Waals surface area contributed by atoms with Crippen LogP contribution in [-0.4, -0.2) is 15.0 Å². The zero-order valence-electron chi connectivity index (χ0n) is 12.9. The summed E-state index contributed by atoms with van der Waals surface area (Å²) in [5.74, 6) is 0. The number of aryl methyl sites for hydroxylation is 1. The number of nitrogens with one attached hydrogen (secondary N) is 1. The monoisotopic (exact) mass is 319 g/mol. The fraction of sp³-hybridized carbons (Fsp3) is 0.438. The number of hydrogen-bond acceptors (Lipinski definition) is 4. The standard InChI is InChI=1S/C16H21N3S2/c1-5-16(4,6-2)15(20)19-13-11(3)18-14(21-13)12-8-7-9-17-10-12/h7-10H,5-6H2,1-4H3,(H,19,20). The van der Waals surface area contributed by atoms with Gasteiger partial charge in [0.05, 0.1) is 10.7 Å². The molecular weight excluding hydrogens is 298 g/mol. The van der Waals surface area contributed by atoms with Crippen molar-refractivity contribution in [2.24, 2.45) is 5.41 Å². The molecule has 0 bridgehead atoms. The second-order valence-electron chi connectivity index (χ2n) is 5.40.